The van der Waals surface area contributed by atoms with Gasteiger partial charge in [0.25, 0.3) is 5.69 Å². The second kappa shape index (κ2) is 7.43. The first-order valence-corrected chi connectivity index (χ1v) is 9.67. The van der Waals surface area contributed by atoms with Gasteiger partial charge in [-0.3, -0.25) is 19.8 Å². The summed E-state index contributed by atoms with van der Waals surface area (Å²) in [5.41, 5.74) is 1.57. The highest BCUT2D eigenvalue weighted by Gasteiger charge is 2.28. The lowest BCUT2D eigenvalue weighted by molar-refractivity contribution is -0.384. The Labute approximate surface area is 165 Å². The summed E-state index contributed by atoms with van der Waals surface area (Å²) >= 11 is 1.35. The molecule has 2 heterocycles. The first-order valence-electron chi connectivity index (χ1n) is 8.68. The van der Waals surface area contributed by atoms with Gasteiger partial charge in [-0.25, -0.2) is 9.97 Å². The molecule has 0 bridgehead atoms. The van der Waals surface area contributed by atoms with Crippen molar-refractivity contribution in [2.24, 2.45) is 0 Å². The Kier molecular flexibility index (Phi) is 4.82. The van der Waals surface area contributed by atoms with Crippen molar-refractivity contribution in [1.82, 2.24) is 9.97 Å². The van der Waals surface area contributed by atoms with Gasteiger partial charge in [0.05, 0.1) is 21.7 Å². The molecule has 4 rings (SSSR count). The number of nitro groups is 1. The number of carbonyl (C=O) groups is 1. The number of rotatable bonds is 4. The highest BCUT2D eigenvalue weighted by Crippen LogP contribution is 2.31. The molecule has 1 aliphatic rings. The van der Waals surface area contributed by atoms with Crippen LogP contribution >= 0.6 is 11.8 Å². The molecule has 2 aromatic carbocycles. The van der Waals surface area contributed by atoms with Crippen LogP contribution in [-0.2, 0) is 4.79 Å². The lowest BCUT2D eigenvalue weighted by atomic mass is 10.2. The predicted octanol–water partition coefficient (Wildman–Crippen LogP) is 3.11. The van der Waals surface area contributed by atoms with Crippen molar-refractivity contribution in [2.75, 3.05) is 35.7 Å². The SMILES string of the molecule is CN1CCN(C(=O)CSc2ccc([N+](=O)[O-])cc2)c2nc3ccccc3nc21. The number of nitro benzene ring substituents is 1. The average Bonchev–Trinajstić information content (AvgIpc) is 2.71. The summed E-state index contributed by atoms with van der Waals surface area (Å²) in [6.45, 7) is 1.21. The Morgan fingerprint density at radius 1 is 1.07 bits per heavy atom. The fraction of sp³-hybridized carbons (Fsp3) is 0.211. The third kappa shape index (κ3) is 3.48. The summed E-state index contributed by atoms with van der Waals surface area (Å²) in [7, 11) is 1.94. The van der Waals surface area contributed by atoms with Gasteiger partial charge in [-0.05, 0) is 24.3 Å². The number of hydrogen-bond donors (Lipinski definition) is 0. The summed E-state index contributed by atoms with van der Waals surface area (Å²) in [6.07, 6.45) is 0. The number of thioether (sulfide) groups is 1. The van der Waals surface area contributed by atoms with Crippen LogP contribution in [0.3, 0.4) is 0 Å². The number of aromatic nitrogens is 2. The first kappa shape index (κ1) is 18.2. The van der Waals surface area contributed by atoms with Crippen LogP contribution < -0.4 is 9.80 Å². The lowest BCUT2D eigenvalue weighted by Gasteiger charge is -2.33. The number of anilines is 2. The van der Waals surface area contributed by atoms with Crippen molar-refractivity contribution in [3.05, 3.63) is 58.6 Å². The molecule has 1 aromatic heterocycles. The van der Waals surface area contributed by atoms with E-state index in [1.165, 1.54) is 23.9 Å². The van der Waals surface area contributed by atoms with Crippen molar-refractivity contribution in [1.29, 1.82) is 0 Å². The van der Waals surface area contributed by atoms with Crippen LogP contribution in [0.1, 0.15) is 0 Å². The monoisotopic (exact) mass is 395 g/mol. The van der Waals surface area contributed by atoms with Gasteiger partial charge in [0.2, 0.25) is 5.91 Å². The van der Waals surface area contributed by atoms with Gasteiger partial charge in [-0.15, -0.1) is 11.8 Å². The molecule has 0 saturated heterocycles. The minimum atomic E-state index is -0.441. The van der Waals surface area contributed by atoms with E-state index in [4.69, 9.17) is 0 Å². The zero-order valence-corrected chi connectivity index (χ0v) is 15.9. The molecular formula is C19H17N5O3S. The van der Waals surface area contributed by atoms with Gasteiger partial charge in [-0.1, -0.05) is 12.1 Å². The molecule has 0 radical (unpaired) electrons. The molecule has 9 heteroatoms. The first-order chi connectivity index (χ1) is 13.5. The molecular weight excluding hydrogens is 378 g/mol. The topological polar surface area (TPSA) is 92.5 Å². The second-order valence-corrected chi connectivity index (χ2v) is 7.41. The molecule has 0 saturated carbocycles. The van der Waals surface area contributed by atoms with Gasteiger partial charge in [0.1, 0.15) is 0 Å². The fourth-order valence-corrected chi connectivity index (χ4v) is 3.78. The normalized spacial score (nSPS) is 13.5. The molecule has 0 N–H and O–H groups in total. The van der Waals surface area contributed by atoms with Crippen LogP contribution in [0.2, 0.25) is 0 Å². The van der Waals surface area contributed by atoms with E-state index < -0.39 is 4.92 Å². The number of carbonyl (C=O) groups excluding carboxylic acids is 1. The number of benzene rings is 2. The average molecular weight is 395 g/mol. The quantitative estimate of drug-likeness (QED) is 0.381. The van der Waals surface area contributed by atoms with Gasteiger partial charge in [-0.2, -0.15) is 0 Å². The highest BCUT2D eigenvalue weighted by molar-refractivity contribution is 8.00. The van der Waals surface area contributed by atoms with Crippen LogP contribution in [0.5, 0.6) is 0 Å². The molecule has 0 fully saturated rings. The second-order valence-electron chi connectivity index (χ2n) is 6.37. The van der Waals surface area contributed by atoms with E-state index in [-0.39, 0.29) is 17.3 Å². The Morgan fingerprint density at radius 2 is 1.71 bits per heavy atom. The van der Waals surface area contributed by atoms with E-state index in [9.17, 15) is 14.9 Å². The van der Waals surface area contributed by atoms with E-state index in [0.717, 1.165) is 15.9 Å². The summed E-state index contributed by atoms with van der Waals surface area (Å²) in [4.78, 5) is 37.0. The van der Waals surface area contributed by atoms with Gasteiger partial charge >= 0.3 is 0 Å². The maximum Gasteiger partial charge on any atom is 0.269 e. The van der Waals surface area contributed by atoms with E-state index in [1.54, 1.807) is 17.0 Å². The molecule has 0 unspecified atom stereocenters. The Bertz CT molecular complexity index is 1060. The molecule has 0 aliphatic carbocycles. The lowest BCUT2D eigenvalue weighted by Crippen LogP contribution is -2.44. The van der Waals surface area contributed by atoms with Crippen molar-refractivity contribution >= 4 is 46.0 Å². The van der Waals surface area contributed by atoms with Crippen LogP contribution in [0, 0.1) is 10.1 Å². The van der Waals surface area contributed by atoms with E-state index >= 15 is 0 Å². The third-order valence-corrected chi connectivity index (χ3v) is 5.52. The molecule has 1 aliphatic heterocycles. The fourth-order valence-electron chi connectivity index (χ4n) is 3.01. The van der Waals surface area contributed by atoms with Crippen molar-refractivity contribution in [2.45, 2.75) is 4.90 Å². The van der Waals surface area contributed by atoms with Crippen molar-refractivity contribution in [3.63, 3.8) is 0 Å². The van der Waals surface area contributed by atoms with E-state index in [0.29, 0.717) is 24.7 Å². The van der Waals surface area contributed by atoms with Crippen LogP contribution in [0.4, 0.5) is 17.3 Å². The number of amides is 1. The highest BCUT2D eigenvalue weighted by atomic mass is 32.2. The Morgan fingerprint density at radius 3 is 2.36 bits per heavy atom. The zero-order valence-electron chi connectivity index (χ0n) is 15.1. The van der Waals surface area contributed by atoms with Gasteiger partial charge in [0, 0.05) is 37.2 Å². The molecule has 8 nitrogen and oxygen atoms in total. The smallest absolute Gasteiger partial charge is 0.269 e. The number of fused-ring (bicyclic) bond motifs is 2. The predicted molar refractivity (Wildman–Crippen MR) is 109 cm³/mol. The third-order valence-electron chi connectivity index (χ3n) is 4.52. The maximum atomic E-state index is 12.9. The van der Waals surface area contributed by atoms with Crippen molar-refractivity contribution < 1.29 is 9.72 Å². The number of para-hydroxylation sites is 2. The summed E-state index contributed by atoms with van der Waals surface area (Å²) in [6, 6.07) is 13.8. The van der Waals surface area contributed by atoms with E-state index in [2.05, 4.69) is 9.97 Å². The molecule has 0 atom stereocenters. The van der Waals surface area contributed by atoms with Gasteiger partial charge in [0.15, 0.2) is 11.6 Å². The number of nitrogens with zero attached hydrogens (tertiary/aromatic N) is 5. The summed E-state index contributed by atoms with van der Waals surface area (Å²) in [5.74, 6) is 1.41. The number of hydrogen-bond acceptors (Lipinski definition) is 7. The molecule has 28 heavy (non-hydrogen) atoms. The number of likely N-dealkylation sites (N-methyl/N-ethyl adjacent to an activating group) is 1. The van der Waals surface area contributed by atoms with Crippen molar-refractivity contribution in [3.8, 4) is 0 Å². The minimum Gasteiger partial charge on any atom is -0.355 e. The van der Waals surface area contributed by atoms with Crippen LogP contribution in [0.15, 0.2) is 53.4 Å². The minimum absolute atomic E-state index is 0.0332. The molecule has 0 spiro atoms. The van der Waals surface area contributed by atoms with Crippen LogP contribution in [0.25, 0.3) is 11.0 Å². The standard InChI is InChI=1S/C19H17N5O3S/c1-22-10-11-23(19-18(22)20-15-4-2-3-5-16(15)21-19)17(25)12-28-14-8-6-13(7-9-14)24(26)27/h2-9H,10-12H2,1H3. The van der Waals surface area contributed by atoms with Crippen LogP contribution in [-0.4, -0.2) is 46.7 Å². The summed E-state index contributed by atoms with van der Waals surface area (Å²) < 4.78 is 0. The Hall–Kier alpha value is -3.20. The molecule has 3 aromatic rings. The number of non-ortho nitro benzene ring substituents is 1. The molecule has 142 valence electrons. The molecule has 1 amide bonds. The largest absolute Gasteiger partial charge is 0.355 e. The zero-order chi connectivity index (χ0) is 19.7. The maximum absolute atomic E-state index is 12.9. The Balaban J connectivity index is 1.54. The van der Waals surface area contributed by atoms with Gasteiger partial charge < -0.3 is 4.90 Å². The van der Waals surface area contributed by atoms with E-state index in [1.807, 2.05) is 36.2 Å². The summed E-state index contributed by atoms with van der Waals surface area (Å²) in [5, 5.41) is 10.7.